The molecule has 1 unspecified atom stereocenters. The molecule has 0 aliphatic carbocycles. The number of hydrogen-bond acceptors (Lipinski definition) is 5. The van der Waals surface area contributed by atoms with Crippen LogP contribution in [0.1, 0.15) is 36.0 Å². The first-order valence-corrected chi connectivity index (χ1v) is 9.13. The summed E-state index contributed by atoms with van der Waals surface area (Å²) < 4.78 is 1.30. The number of hydrogen-bond donors (Lipinski definition) is 0. The van der Waals surface area contributed by atoms with Gasteiger partial charge in [0, 0.05) is 11.9 Å². The Bertz CT molecular complexity index is 687. The van der Waals surface area contributed by atoms with Gasteiger partial charge in [-0.2, -0.15) is 0 Å². The SMILES string of the molecule is c1ccc2sc(C3CCCCN3Cc3cscn3)nc2c1. The van der Waals surface area contributed by atoms with Gasteiger partial charge in [0.15, 0.2) is 0 Å². The van der Waals surface area contributed by atoms with Crippen molar-refractivity contribution in [3.63, 3.8) is 0 Å². The van der Waals surface area contributed by atoms with Gasteiger partial charge in [-0.25, -0.2) is 9.97 Å². The van der Waals surface area contributed by atoms with Gasteiger partial charge in [0.2, 0.25) is 0 Å². The summed E-state index contributed by atoms with van der Waals surface area (Å²) in [6, 6.07) is 8.91. The largest absolute Gasteiger partial charge is 0.288 e. The molecular formula is C16H17N3S2. The fourth-order valence-electron chi connectivity index (χ4n) is 3.02. The molecule has 1 fully saturated rings. The minimum absolute atomic E-state index is 0.456. The fourth-order valence-corrected chi connectivity index (χ4v) is 4.70. The Kier molecular flexibility index (Phi) is 3.71. The lowest BCUT2D eigenvalue weighted by molar-refractivity contribution is 0.139. The highest BCUT2D eigenvalue weighted by Gasteiger charge is 2.27. The Morgan fingerprint density at radius 1 is 1.24 bits per heavy atom. The minimum Gasteiger partial charge on any atom is -0.288 e. The van der Waals surface area contributed by atoms with E-state index in [0.29, 0.717) is 6.04 Å². The van der Waals surface area contributed by atoms with Gasteiger partial charge in [0.1, 0.15) is 5.01 Å². The van der Waals surface area contributed by atoms with Crippen LogP contribution in [0.3, 0.4) is 0 Å². The lowest BCUT2D eigenvalue weighted by atomic mass is 10.0. The van der Waals surface area contributed by atoms with Crippen molar-refractivity contribution in [2.75, 3.05) is 6.54 Å². The molecule has 0 amide bonds. The molecule has 1 aliphatic rings. The molecule has 1 aliphatic heterocycles. The first-order chi connectivity index (χ1) is 10.4. The van der Waals surface area contributed by atoms with E-state index in [2.05, 4.69) is 39.5 Å². The summed E-state index contributed by atoms with van der Waals surface area (Å²) in [5.41, 5.74) is 4.25. The maximum absolute atomic E-state index is 4.87. The summed E-state index contributed by atoms with van der Waals surface area (Å²) >= 11 is 3.53. The predicted octanol–water partition coefficient (Wildman–Crippen LogP) is 4.48. The molecule has 5 heteroatoms. The average molecular weight is 315 g/mol. The number of thiazole rings is 2. The van der Waals surface area contributed by atoms with Gasteiger partial charge in [-0.1, -0.05) is 18.6 Å². The molecular weight excluding hydrogens is 298 g/mol. The monoisotopic (exact) mass is 315 g/mol. The molecule has 1 aromatic carbocycles. The lowest BCUT2D eigenvalue weighted by Crippen LogP contribution is -2.32. The highest BCUT2D eigenvalue weighted by molar-refractivity contribution is 7.18. The molecule has 3 nitrogen and oxygen atoms in total. The summed E-state index contributed by atoms with van der Waals surface area (Å²) in [7, 11) is 0. The van der Waals surface area contributed by atoms with Gasteiger partial charge in [0.25, 0.3) is 0 Å². The molecule has 0 saturated carbocycles. The zero-order valence-corrected chi connectivity index (χ0v) is 13.4. The molecule has 0 radical (unpaired) electrons. The Morgan fingerprint density at radius 3 is 3.05 bits per heavy atom. The van der Waals surface area contributed by atoms with E-state index in [-0.39, 0.29) is 0 Å². The number of piperidine rings is 1. The van der Waals surface area contributed by atoms with Gasteiger partial charge in [-0.15, -0.1) is 22.7 Å². The molecule has 1 atom stereocenters. The number of likely N-dealkylation sites (tertiary alicyclic amines) is 1. The number of fused-ring (bicyclic) bond motifs is 1. The van der Waals surface area contributed by atoms with Crippen LogP contribution in [0.4, 0.5) is 0 Å². The maximum Gasteiger partial charge on any atom is 0.111 e. The highest BCUT2D eigenvalue weighted by Crippen LogP contribution is 2.36. The first kappa shape index (κ1) is 13.4. The third kappa shape index (κ3) is 2.73. The summed E-state index contributed by atoms with van der Waals surface area (Å²) in [4.78, 5) is 11.9. The Labute approximate surface area is 132 Å². The van der Waals surface area contributed by atoms with Crippen molar-refractivity contribution in [1.82, 2.24) is 14.9 Å². The van der Waals surface area contributed by atoms with Crippen LogP contribution in [0.2, 0.25) is 0 Å². The predicted molar refractivity (Wildman–Crippen MR) is 88.7 cm³/mol. The van der Waals surface area contributed by atoms with Crippen molar-refractivity contribution in [3.8, 4) is 0 Å². The zero-order valence-electron chi connectivity index (χ0n) is 11.7. The van der Waals surface area contributed by atoms with E-state index in [4.69, 9.17) is 4.98 Å². The molecule has 108 valence electrons. The third-order valence-corrected chi connectivity index (χ3v) is 5.83. The number of rotatable bonds is 3. The highest BCUT2D eigenvalue weighted by atomic mass is 32.1. The van der Waals surface area contributed by atoms with Crippen LogP contribution in [-0.4, -0.2) is 21.4 Å². The zero-order chi connectivity index (χ0) is 14.1. The van der Waals surface area contributed by atoms with Crippen molar-refractivity contribution in [1.29, 1.82) is 0 Å². The number of benzene rings is 1. The quantitative estimate of drug-likeness (QED) is 0.713. The van der Waals surface area contributed by atoms with Crippen molar-refractivity contribution < 1.29 is 0 Å². The van der Waals surface area contributed by atoms with Crippen LogP contribution >= 0.6 is 22.7 Å². The molecule has 0 bridgehead atoms. The van der Waals surface area contributed by atoms with E-state index in [9.17, 15) is 0 Å². The second-order valence-corrected chi connectivity index (χ2v) is 7.26. The smallest absolute Gasteiger partial charge is 0.111 e. The molecule has 3 heterocycles. The van der Waals surface area contributed by atoms with Gasteiger partial charge >= 0.3 is 0 Å². The van der Waals surface area contributed by atoms with Crippen LogP contribution in [0.25, 0.3) is 10.2 Å². The van der Waals surface area contributed by atoms with E-state index < -0.39 is 0 Å². The fraction of sp³-hybridized carbons (Fsp3) is 0.375. The van der Waals surface area contributed by atoms with Gasteiger partial charge in [-0.05, 0) is 31.5 Å². The number of nitrogens with zero attached hydrogens (tertiary/aromatic N) is 3. The molecule has 4 rings (SSSR count). The standard InChI is InChI=1S/C16H17N3S2/c1-2-7-15-13(5-1)18-16(21-15)14-6-3-4-8-19(14)9-12-10-20-11-17-12/h1-2,5,7,10-11,14H,3-4,6,8-9H2. The Hall–Kier alpha value is -1.30. The van der Waals surface area contributed by atoms with Crippen LogP contribution in [0, 0.1) is 0 Å². The molecule has 3 aromatic rings. The summed E-state index contributed by atoms with van der Waals surface area (Å²) in [6.07, 6.45) is 3.80. The van der Waals surface area contributed by atoms with Crippen LogP contribution in [0.15, 0.2) is 35.2 Å². The van der Waals surface area contributed by atoms with Crippen molar-refractivity contribution in [3.05, 3.63) is 45.9 Å². The van der Waals surface area contributed by atoms with Crippen molar-refractivity contribution >= 4 is 32.9 Å². The van der Waals surface area contributed by atoms with E-state index in [1.165, 1.54) is 34.7 Å². The van der Waals surface area contributed by atoms with Crippen LogP contribution in [-0.2, 0) is 6.54 Å². The average Bonchev–Trinajstić information content (AvgIpc) is 3.16. The molecule has 0 spiro atoms. The normalized spacial score (nSPS) is 20.1. The number of aromatic nitrogens is 2. The maximum atomic E-state index is 4.87. The summed E-state index contributed by atoms with van der Waals surface area (Å²) in [5.74, 6) is 0. The molecule has 1 saturated heterocycles. The van der Waals surface area contributed by atoms with Crippen molar-refractivity contribution in [2.24, 2.45) is 0 Å². The van der Waals surface area contributed by atoms with Gasteiger partial charge in [0.05, 0.1) is 27.5 Å². The second kappa shape index (κ2) is 5.83. The van der Waals surface area contributed by atoms with Crippen molar-refractivity contribution in [2.45, 2.75) is 31.8 Å². The van der Waals surface area contributed by atoms with E-state index >= 15 is 0 Å². The topological polar surface area (TPSA) is 29.0 Å². The summed E-state index contributed by atoms with van der Waals surface area (Å²) in [5, 5.41) is 3.43. The van der Waals surface area contributed by atoms with E-state index in [1.807, 2.05) is 16.8 Å². The Balaban J connectivity index is 1.63. The molecule has 0 N–H and O–H groups in total. The van der Waals surface area contributed by atoms with Gasteiger partial charge in [-0.3, -0.25) is 4.90 Å². The molecule has 2 aromatic heterocycles. The van der Waals surface area contributed by atoms with Crippen LogP contribution < -0.4 is 0 Å². The minimum atomic E-state index is 0.456. The first-order valence-electron chi connectivity index (χ1n) is 7.37. The van der Waals surface area contributed by atoms with E-state index in [1.54, 1.807) is 11.3 Å². The second-order valence-electron chi connectivity index (χ2n) is 5.48. The third-order valence-electron chi connectivity index (χ3n) is 4.06. The van der Waals surface area contributed by atoms with Gasteiger partial charge < -0.3 is 0 Å². The number of para-hydroxylation sites is 1. The molecule has 21 heavy (non-hydrogen) atoms. The Morgan fingerprint density at radius 2 is 2.19 bits per heavy atom. The lowest BCUT2D eigenvalue weighted by Gasteiger charge is -2.33. The van der Waals surface area contributed by atoms with Crippen LogP contribution in [0.5, 0.6) is 0 Å². The summed E-state index contributed by atoms with van der Waals surface area (Å²) in [6.45, 7) is 2.10. The van der Waals surface area contributed by atoms with E-state index in [0.717, 1.165) is 18.6 Å².